The smallest absolute Gasteiger partial charge is 0.273 e. The Bertz CT molecular complexity index is 732. The van der Waals surface area contributed by atoms with Crippen molar-refractivity contribution in [1.29, 1.82) is 0 Å². The highest BCUT2D eigenvalue weighted by atomic mass is 16.5. The number of carbonyl (C=O) groups excluding carboxylic acids is 2. The van der Waals surface area contributed by atoms with Gasteiger partial charge in [-0.1, -0.05) is 25.1 Å². The fourth-order valence-corrected chi connectivity index (χ4v) is 2.93. The van der Waals surface area contributed by atoms with Crippen LogP contribution in [0.3, 0.4) is 0 Å². The van der Waals surface area contributed by atoms with E-state index < -0.39 is 0 Å². The molecule has 3 rings (SSSR count). The number of aromatic nitrogens is 2. The first-order valence-electron chi connectivity index (χ1n) is 9.60. The van der Waals surface area contributed by atoms with E-state index in [1.54, 1.807) is 18.5 Å². The minimum absolute atomic E-state index is 0.0915. The summed E-state index contributed by atoms with van der Waals surface area (Å²) in [7, 11) is 1.93. The summed E-state index contributed by atoms with van der Waals surface area (Å²) in [4.78, 5) is 29.7. The van der Waals surface area contributed by atoms with Gasteiger partial charge in [0.2, 0.25) is 0 Å². The van der Waals surface area contributed by atoms with Gasteiger partial charge in [-0.05, 0) is 31.6 Å². The zero-order valence-corrected chi connectivity index (χ0v) is 16.7. The van der Waals surface area contributed by atoms with Crippen LogP contribution in [0, 0.1) is 0 Å². The largest absolute Gasteiger partial charge is 0.361 e. The van der Waals surface area contributed by atoms with E-state index in [-0.39, 0.29) is 23.7 Å². The Morgan fingerprint density at radius 2 is 2.21 bits per heavy atom. The van der Waals surface area contributed by atoms with Gasteiger partial charge >= 0.3 is 0 Å². The second-order valence-corrected chi connectivity index (χ2v) is 6.64. The minimum atomic E-state index is -0.267. The van der Waals surface area contributed by atoms with Crippen LogP contribution in [0.1, 0.15) is 42.1 Å². The minimum Gasteiger partial charge on any atom is -0.361 e. The van der Waals surface area contributed by atoms with Gasteiger partial charge in [-0.15, -0.1) is 0 Å². The maximum absolute atomic E-state index is 12.2. The molecule has 1 saturated heterocycles. The Hall–Kier alpha value is -2.58. The third-order valence-electron chi connectivity index (χ3n) is 4.54. The van der Waals surface area contributed by atoms with Gasteiger partial charge in [-0.25, -0.2) is 0 Å². The zero-order valence-electron chi connectivity index (χ0n) is 16.7. The molecule has 1 fully saturated rings. The van der Waals surface area contributed by atoms with E-state index in [1.165, 1.54) is 0 Å². The van der Waals surface area contributed by atoms with E-state index in [1.807, 2.05) is 26.1 Å². The van der Waals surface area contributed by atoms with Crippen LogP contribution in [-0.4, -0.2) is 59.5 Å². The van der Waals surface area contributed by atoms with Crippen LogP contribution in [-0.2, 0) is 17.8 Å². The van der Waals surface area contributed by atoms with E-state index in [2.05, 4.69) is 32.6 Å². The molecule has 0 spiro atoms. The average molecular weight is 387 g/mol. The number of likely N-dealkylation sites (tertiary alicyclic amines) is 1. The monoisotopic (exact) mass is 387 g/mol. The third kappa shape index (κ3) is 6.24. The number of pyridine rings is 1. The predicted molar refractivity (Wildman–Crippen MR) is 106 cm³/mol. The maximum atomic E-state index is 12.2. The summed E-state index contributed by atoms with van der Waals surface area (Å²) in [5.74, 6) is 0.409. The maximum Gasteiger partial charge on any atom is 0.273 e. The van der Waals surface area contributed by atoms with Crippen LogP contribution in [0.15, 0.2) is 35.1 Å². The van der Waals surface area contributed by atoms with Gasteiger partial charge in [0.15, 0.2) is 5.69 Å². The number of rotatable bonds is 7. The Morgan fingerprint density at radius 1 is 1.43 bits per heavy atom. The van der Waals surface area contributed by atoms with E-state index in [0.29, 0.717) is 31.7 Å². The first kappa shape index (κ1) is 21.7. The fourth-order valence-electron chi connectivity index (χ4n) is 2.93. The molecule has 0 bridgehead atoms. The summed E-state index contributed by atoms with van der Waals surface area (Å²) < 4.78 is 5.06. The van der Waals surface area contributed by atoms with E-state index in [4.69, 9.17) is 4.52 Å². The number of hydrogen-bond acceptors (Lipinski definition) is 7. The Kier molecular flexibility index (Phi) is 8.77. The van der Waals surface area contributed by atoms with Crippen molar-refractivity contribution in [3.8, 4) is 0 Å². The number of nitrogens with one attached hydrogen (secondary N) is 2. The van der Waals surface area contributed by atoms with Crippen molar-refractivity contribution in [3.05, 3.63) is 47.6 Å². The van der Waals surface area contributed by atoms with Crippen molar-refractivity contribution < 1.29 is 14.1 Å². The zero-order chi connectivity index (χ0) is 20.4. The Balaban J connectivity index is 0.000000640. The predicted octanol–water partition coefficient (Wildman–Crippen LogP) is 1.43. The number of nitrogens with zero attached hydrogens (tertiary/aromatic N) is 3. The molecule has 1 aliphatic rings. The van der Waals surface area contributed by atoms with Gasteiger partial charge in [0.1, 0.15) is 12.0 Å². The molecule has 2 aromatic rings. The number of aryl methyl sites for hydroxylation is 1. The van der Waals surface area contributed by atoms with Crippen LogP contribution >= 0.6 is 0 Å². The van der Waals surface area contributed by atoms with Crippen LogP contribution in [0.25, 0.3) is 0 Å². The molecule has 2 atom stereocenters. The van der Waals surface area contributed by atoms with Crippen molar-refractivity contribution in [2.24, 2.45) is 0 Å². The second kappa shape index (κ2) is 11.3. The van der Waals surface area contributed by atoms with Gasteiger partial charge in [-0.3, -0.25) is 14.7 Å². The van der Waals surface area contributed by atoms with Crippen molar-refractivity contribution in [2.75, 3.05) is 20.1 Å². The van der Waals surface area contributed by atoms with E-state index in [9.17, 15) is 9.59 Å². The molecule has 8 nitrogen and oxygen atoms in total. The van der Waals surface area contributed by atoms with Gasteiger partial charge in [0.25, 0.3) is 5.91 Å². The van der Waals surface area contributed by atoms with Crippen LogP contribution < -0.4 is 10.6 Å². The van der Waals surface area contributed by atoms with Gasteiger partial charge in [0, 0.05) is 44.0 Å². The molecule has 1 aliphatic heterocycles. The van der Waals surface area contributed by atoms with Gasteiger partial charge in [-0.2, -0.15) is 0 Å². The van der Waals surface area contributed by atoms with E-state index >= 15 is 0 Å². The summed E-state index contributed by atoms with van der Waals surface area (Å²) in [6, 6.07) is 5.19. The van der Waals surface area contributed by atoms with Crippen LogP contribution in [0.2, 0.25) is 0 Å². The third-order valence-corrected chi connectivity index (χ3v) is 4.54. The molecule has 0 radical (unpaired) electrons. The summed E-state index contributed by atoms with van der Waals surface area (Å²) in [6.07, 6.45) is 5.73. The Labute approximate surface area is 165 Å². The first-order valence-corrected chi connectivity index (χ1v) is 9.60. The lowest BCUT2D eigenvalue weighted by molar-refractivity contribution is -0.111. The topological polar surface area (TPSA) is 100 Å². The summed E-state index contributed by atoms with van der Waals surface area (Å²) in [5.41, 5.74) is 1.32. The number of carbonyl (C=O) groups is 2. The lowest BCUT2D eigenvalue weighted by Gasteiger charge is -2.19. The molecule has 3 heterocycles. The number of hydrogen-bond donors (Lipinski definition) is 2. The molecule has 0 aliphatic carbocycles. The molecule has 8 heteroatoms. The molecular formula is C20H29N5O3. The molecule has 0 saturated carbocycles. The fraction of sp³-hybridized carbons (Fsp3) is 0.500. The molecule has 28 heavy (non-hydrogen) atoms. The van der Waals surface area contributed by atoms with Crippen LogP contribution in [0.5, 0.6) is 0 Å². The highest BCUT2D eigenvalue weighted by Gasteiger charge is 2.33. The molecule has 2 N–H and O–H groups in total. The molecular weight excluding hydrogens is 358 g/mol. The standard InChI is InChI=1S/C17H20N4O3.C3H9N/c1-2-15-7-16(20-24-15)17(23)19-13-6-14(11-22)21(10-13)9-12-4-3-5-18-8-12;1-3-4-2/h3-5,7-8,11,13-14H,2,6,9-10H2,1H3,(H,19,23);4H,3H2,1-2H3. The second-order valence-electron chi connectivity index (χ2n) is 6.64. The molecule has 1 amide bonds. The van der Waals surface area contributed by atoms with Gasteiger partial charge < -0.3 is 20.0 Å². The van der Waals surface area contributed by atoms with Crippen molar-refractivity contribution in [2.45, 2.75) is 45.3 Å². The average Bonchev–Trinajstić information content (AvgIpc) is 3.35. The summed E-state index contributed by atoms with van der Waals surface area (Å²) >= 11 is 0. The molecule has 2 aromatic heterocycles. The van der Waals surface area contributed by atoms with Crippen LogP contribution in [0.4, 0.5) is 0 Å². The summed E-state index contributed by atoms with van der Waals surface area (Å²) in [5, 5.41) is 9.64. The number of amides is 1. The highest BCUT2D eigenvalue weighted by Crippen LogP contribution is 2.19. The lowest BCUT2D eigenvalue weighted by atomic mass is 10.2. The summed E-state index contributed by atoms with van der Waals surface area (Å²) in [6.45, 7) is 6.32. The molecule has 0 aromatic carbocycles. The number of aldehydes is 1. The molecule has 2 unspecified atom stereocenters. The first-order chi connectivity index (χ1) is 13.6. The lowest BCUT2D eigenvalue weighted by Crippen LogP contribution is -2.37. The van der Waals surface area contributed by atoms with Crippen molar-refractivity contribution >= 4 is 12.2 Å². The SMILES string of the molecule is CCNC.CCc1cc(C(=O)NC2CC(C=O)N(Cc3cccnc3)C2)no1. The van der Waals surface area contributed by atoms with Crippen molar-refractivity contribution in [1.82, 2.24) is 25.7 Å². The Morgan fingerprint density at radius 3 is 2.79 bits per heavy atom. The normalized spacial score (nSPS) is 19.0. The quantitative estimate of drug-likeness (QED) is 0.693. The van der Waals surface area contributed by atoms with Gasteiger partial charge in [0.05, 0.1) is 6.04 Å². The van der Waals surface area contributed by atoms with Crippen molar-refractivity contribution in [3.63, 3.8) is 0 Å². The highest BCUT2D eigenvalue weighted by molar-refractivity contribution is 5.92. The molecule has 152 valence electrons. The van der Waals surface area contributed by atoms with E-state index in [0.717, 1.165) is 18.4 Å².